The van der Waals surface area contributed by atoms with E-state index in [1.807, 2.05) is 19.1 Å². The van der Waals surface area contributed by atoms with E-state index in [1.54, 1.807) is 7.11 Å². The van der Waals surface area contributed by atoms with Crippen LogP contribution < -0.4 is 9.47 Å². The van der Waals surface area contributed by atoms with Crippen molar-refractivity contribution in [2.24, 2.45) is 0 Å². The minimum atomic E-state index is 0.290. The van der Waals surface area contributed by atoms with Gasteiger partial charge in [-0.1, -0.05) is 39.0 Å². The van der Waals surface area contributed by atoms with Crippen LogP contribution in [0.1, 0.15) is 80.2 Å². The molecule has 2 aromatic carbocycles. The minimum Gasteiger partial charge on any atom is -0.496 e. The van der Waals surface area contributed by atoms with Gasteiger partial charge in [-0.2, -0.15) is 0 Å². The highest BCUT2D eigenvalue weighted by Crippen LogP contribution is 2.45. The number of carbonyl (C=O) groups excluding carboxylic acids is 1. The number of carbonyl (C=O) groups is 1. The molecule has 0 heterocycles. The van der Waals surface area contributed by atoms with Crippen LogP contribution in [-0.2, 0) is 30.7 Å². The number of hydrogen-bond acceptors (Lipinski definition) is 3. The summed E-state index contributed by atoms with van der Waals surface area (Å²) >= 11 is 0. The highest BCUT2D eigenvalue weighted by atomic mass is 16.5. The second-order valence-electron chi connectivity index (χ2n) is 7.92. The Morgan fingerprint density at radius 1 is 1.00 bits per heavy atom. The smallest absolute Gasteiger partial charge is 0.132 e. The standard InChI is InChI=1S/C26H34O3/c1-5-18-15-23(21-11-12-21)26(16-19(18)6-2)29-17-24-20(13-14-22(27)7-3)9-8-10-25(24)28-4/h8-10,15-16,21H,5-7,11-14,17H2,1-4H3. The number of hydrogen-bond donors (Lipinski definition) is 0. The first-order chi connectivity index (χ1) is 14.1. The molecule has 1 aliphatic rings. The first kappa shape index (κ1) is 21.4. The monoisotopic (exact) mass is 394 g/mol. The molecule has 3 nitrogen and oxygen atoms in total. The van der Waals surface area contributed by atoms with E-state index in [0.29, 0.717) is 31.1 Å². The molecule has 2 aromatic rings. The summed E-state index contributed by atoms with van der Waals surface area (Å²) in [5.41, 5.74) is 6.37. The fourth-order valence-corrected chi connectivity index (χ4v) is 3.98. The van der Waals surface area contributed by atoms with Gasteiger partial charge in [0.05, 0.1) is 7.11 Å². The van der Waals surface area contributed by atoms with E-state index in [2.05, 4.69) is 32.0 Å². The van der Waals surface area contributed by atoms with Gasteiger partial charge < -0.3 is 9.47 Å². The summed E-state index contributed by atoms with van der Waals surface area (Å²) in [6, 6.07) is 10.7. The Morgan fingerprint density at radius 2 is 1.72 bits per heavy atom. The largest absolute Gasteiger partial charge is 0.496 e. The Balaban J connectivity index is 1.86. The molecule has 0 aromatic heterocycles. The average Bonchev–Trinajstić information content (AvgIpc) is 3.60. The normalized spacial score (nSPS) is 13.4. The number of methoxy groups -OCH3 is 1. The van der Waals surface area contributed by atoms with Crippen molar-refractivity contribution in [1.29, 1.82) is 0 Å². The van der Waals surface area contributed by atoms with Crippen LogP contribution in [0.15, 0.2) is 30.3 Å². The molecule has 156 valence electrons. The summed E-state index contributed by atoms with van der Waals surface area (Å²) in [6.07, 6.45) is 6.47. The molecule has 29 heavy (non-hydrogen) atoms. The van der Waals surface area contributed by atoms with E-state index in [4.69, 9.17) is 9.47 Å². The zero-order valence-corrected chi connectivity index (χ0v) is 18.3. The Morgan fingerprint density at radius 3 is 2.34 bits per heavy atom. The van der Waals surface area contributed by atoms with Crippen molar-refractivity contribution in [3.05, 3.63) is 58.1 Å². The molecule has 3 heteroatoms. The number of ketones is 1. The fraction of sp³-hybridized carbons (Fsp3) is 0.500. The van der Waals surface area contributed by atoms with Crippen LogP contribution >= 0.6 is 0 Å². The molecule has 1 saturated carbocycles. The SMILES string of the molecule is CCC(=O)CCc1cccc(OC)c1COc1cc(CC)c(CC)cc1C1CC1. The molecule has 3 rings (SSSR count). The van der Waals surface area contributed by atoms with Crippen LogP contribution in [0, 0.1) is 0 Å². The van der Waals surface area contributed by atoms with Gasteiger partial charge in [-0.15, -0.1) is 0 Å². The van der Waals surface area contributed by atoms with E-state index in [1.165, 1.54) is 29.5 Å². The predicted octanol–water partition coefficient (Wildman–Crippen LogP) is 6.19. The maximum absolute atomic E-state index is 11.8. The Bertz CT molecular complexity index is 849. The average molecular weight is 395 g/mol. The first-order valence-corrected chi connectivity index (χ1v) is 11.1. The van der Waals surface area contributed by atoms with Crippen molar-refractivity contribution >= 4 is 5.78 Å². The quantitative estimate of drug-likeness (QED) is 0.456. The first-order valence-electron chi connectivity index (χ1n) is 11.1. The van der Waals surface area contributed by atoms with E-state index in [0.717, 1.165) is 41.9 Å². The van der Waals surface area contributed by atoms with Gasteiger partial charge in [-0.3, -0.25) is 4.79 Å². The maximum Gasteiger partial charge on any atom is 0.132 e. The molecule has 0 N–H and O–H groups in total. The summed E-state index contributed by atoms with van der Waals surface area (Å²) in [6.45, 7) is 6.82. The zero-order chi connectivity index (χ0) is 20.8. The number of ether oxygens (including phenoxy) is 2. The number of benzene rings is 2. The van der Waals surface area contributed by atoms with Crippen molar-refractivity contribution in [1.82, 2.24) is 0 Å². The highest BCUT2D eigenvalue weighted by Gasteiger charge is 2.28. The van der Waals surface area contributed by atoms with Crippen molar-refractivity contribution in [2.45, 2.75) is 78.2 Å². The lowest BCUT2D eigenvalue weighted by molar-refractivity contribution is -0.118. The molecule has 0 spiro atoms. The van der Waals surface area contributed by atoms with Crippen LogP contribution in [-0.4, -0.2) is 12.9 Å². The van der Waals surface area contributed by atoms with Gasteiger partial charge in [0.2, 0.25) is 0 Å². The van der Waals surface area contributed by atoms with Crippen LogP contribution in [0.25, 0.3) is 0 Å². The number of aryl methyl sites for hydroxylation is 3. The van der Waals surface area contributed by atoms with Crippen LogP contribution in [0.4, 0.5) is 0 Å². The lowest BCUT2D eigenvalue weighted by Crippen LogP contribution is -2.07. The Hall–Kier alpha value is -2.29. The van der Waals surface area contributed by atoms with Crippen molar-refractivity contribution < 1.29 is 14.3 Å². The molecule has 1 fully saturated rings. The molecule has 0 radical (unpaired) electrons. The molecule has 0 atom stereocenters. The van der Waals surface area contributed by atoms with Gasteiger partial charge in [0.1, 0.15) is 23.9 Å². The second kappa shape index (κ2) is 9.96. The van der Waals surface area contributed by atoms with Gasteiger partial charge in [-0.25, -0.2) is 0 Å². The molecular formula is C26H34O3. The molecule has 0 unspecified atom stereocenters. The molecule has 0 saturated heterocycles. The maximum atomic E-state index is 11.8. The molecule has 0 amide bonds. The van der Waals surface area contributed by atoms with Gasteiger partial charge in [0.25, 0.3) is 0 Å². The molecular weight excluding hydrogens is 360 g/mol. The Labute approximate surface area is 175 Å². The van der Waals surface area contributed by atoms with Crippen LogP contribution in [0.2, 0.25) is 0 Å². The molecule has 0 bridgehead atoms. The third-order valence-corrected chi connectivity index (χ3v) is 6.00. The topological polar surface area (TPSA) is 35.5 Å². The van der Waals surface area contributed by atoms with Crippen molar-refractivity contribution in [2.75, 3.05) is 7.11 Å². The van der Waals surface area contributed by atoms with Gasteiger partial charge in [0, 0.05) is 18.4 Å². The predicted molar refractivity (Wildman–Crippen MR) is 118 cm³/mol. The van der Waals surface area contributed by atoms with Gasteiger partial charge in [-0.05, 0) is 72.4 Å². The zero-order valence-electron chi connectivity index (χ0n) is 18.3. The molecule has 1 aliphatic carbocycles. The van der Waals surface area contributed by atoms with Crippen molar-refractivity contribution in [3.63, 3.8) is 0 Å². The van der Waals surface area contributed by atoms with E-state index in [9.17, 15) is 4.79 Å². The lowest BCUT2D eigenvalue weighted by Gasteiger charge is -2.18. The summed E-state index contributed by atoms with van der Waals surface area (Å²) in [4.78, 5) is 11.8. The van der Waals surface area contributed by atoms with E-state index >= 15 is 0 Å². The molecule has 0 aliphatic heterocycles. The van der Waals surface area contributed by atoms with Crippen LogP contribution in [0.5, 0.6) is 11.5 Å². The van der Waals surface area contributed by atoms with Crippen molar-refractivity contribution in [3.8, 4) is 11.5 Å². The lowest BCUT2D eigenvalue weighted by atomic mass is 9.97. The Kier molecular flexibility index (Phi) is 7.35. The summed E-state index contributed by atoms with van der Waals surface area (Å²) in [5.74, 6) is 2.78. The highest BCUT2D eigenvalue weighted by molar-refractivity contribution is 5.78. The number of Topliss-reactive ketones (excluding diaryl/α,β-unsaturated/α-hetero) is 1. The second-order valence-corrected chi connectivity index (χ2v) is 7.92. The van der Waals surface area contributed by atoms with E-state index < -0.39 is 0 Å². The summed E-state index contributed by atoms with van der Waals surface area (Å²) in [7, 11) is 1.70. The summed E-state index contributed by atoms with van der Waals surface area (Å²) in [5, 5.41) is 0. The van der Waals surface area contributed by atoms with Gasteiger partial charge >= 0.3 is 0 Å². The minimum absolute atomic E-state index is 0.290. The number of rotatable bonds is 11. The van der Waals surface area contributed by atoms with E-state index in [-0.39, 0.29) is 0 Å². The van der Waals surface area contributed by atoms with Gasteiger partial charge in [0.15, 0.2) is 0 Å². The summed E-state index contributed by atoms with van der Waals surface area (Å²) < 4.78 is 12.0. The fourth-order valence-electron chi connectivity index (χ4n) is 3.98. The van der Waals surface area contributed by atoms with Crippen LogP contribution in [0.3, 0.4) is 0 Å². The third-order valence-electron chi connectivity index (χ3n) is 6.00. The third kappa shape index (κ3) is 5.20.